The molecule has 0 saturated heterocycles. The van der Waals surface area contributed by atoms with Crippen LogP contribution < -0.4 is 5.32 Å². The zero-order valence-electron chi connectivity index (χ0n) is 12.3. The van der Waals surface area contributed by atoms with Crippen molar-refractivity contribution in [2.24, 2.45) is 5.41 Å². The largest absolute Gasteiger partial charge is 0.359 e. The van der Waals surface area contributed by atoms with Gasteiger partial charge in [0.1, 0.15) is 5.76 Å². The van der Waals surface area contributed by atoms with Crippen LogP contribution in [0.5, 0.6) is 0 Å². The number of nitrogens with zero attached hydrogens (tertiary/aromatic N) is 1. The van der Waals surface area contributed by atoms with Gasteiger partial charge in [-0.1, -0.05) is 32.9 Å². The van der Waals surface area contributed by atoms with Gasteiger partial charge >= 0.3 is 0 Å². The molecule has 4 nitrogen and oxygen atoms in total. The van der Waals surface area contributed by atoms with E-state index >= 15 is 0 Å². The molecule has 5 heteroatoms. The van der Waals surface area contributed by atoms with Crippen LogP contribution >= 0.6 is 11.3 Å². The van der Waals surface area contributed by atoms with Gasteiger partial charge in [0.15, 0.2) is 5.82 Å². The average Bonchev–Trinajstić information content (AvgIpc) is 2.95. The summed E-state index contributed by atoms with van der Waals surface area (Å²) in [6.07, 6.45) is 1.63. The van der Waals surface area contributed by atoms with Crippen molar-refractivity contribution in [1.82, 2.24) is 5.16 Å². The van der Waals surface area contributed by atoms with Crippen LogP contribution in [-0.2, 0) is 12.8 Å². The average molecular weight is 292 g/mol. The molecular weight excluding hydrogens is 272 g/mol. The summed E-state index contributed by atoms with van der Waals surface area (Å²) in [6, 6.07) is 3.77. The first-order valence-corrected chi connectivity index (χ1v) is 7.60. The summed E-state index contributed by atoms with van der Waals surface area (Å²) in [7, 11) is 0. The smallest absolute Gasteiger partial charge is 0.267 e. The van der Waals surface area contributed by atoms with Crippen molar-refractivity contribution >= 4 is 23.1 Å². The van der Waals surface area contributed by atoms with E-state index in [1.807, 2.05) is 18.4 Å². The Balaban J connectivity index is 2.05. The fourth-order valence-electron chi connectivity index (χ4n) is 1.96. The molecule has 2 rings (SSSR count). The predicted molar refractivity (Wildman–Crippen MR) is 81.3 cm³/mol. The van der Waals surface area contributed by atoms with Crippen LogP contribution in [0, 0.1) is 5.41 Å². The van der Waals surface area contributed by atoms with Crippen molar-refractivity contribution in [3.05, 3.63) is 33.7 Å². The maximum absolute atomic E-state index is 12.2. The Morgan fingerprint density at radius 2 is 2.20 bits per heavy atom. The molecule has 0 aliphatic rings. The monoisotopic (exact) mass is 292 g/mol. The first-order valence-electron chi connectivity index (χ1n) is 6.72. The van der Waals surface area contributed by atoms with Crippen molar-refractivity contribution in [3.8, 4) is 0 Å². The molecule has 0 fully saturated rings. The first-order chi connectivity index (χ1) is 9.39. The quantitative estimate of drug-likeness (QED) is 0.921. The van der Waals surface area contributed by atoms with Gasteiger partial charge < -0.3 is 9.84 Å². The number of hydrogen-bond donors (Lipinski definition) is 1. The Morgan fingerprint density at radius 1 is 1.45 bits per heavy atom. The number of hydrogen-bond acceptors (Lipinski definition) is 4. The summed E-state index contributed by atoms with van der Waals surface area (Å²) in [6.45, 7) is 8.43. The maximum atomic E-state index is 12.2. The molecule has 0 saturated carbocycles. The molecule has 0 aliphatic carbocycles. The predicted octanol–water partition coefficient (Wildman–Crippen LogP) is 4.14. The van der Waals surface area contributed by atoms with E-state index in [0.29, 0.717) is 5.82 Å². The van der Waals surface area contributed by atoms with E-state index < -0.39 is 0 Å². The maximum Gasteiger partial charge on any atom is 0.267 e. The fourth-order valence-corrected chi connectivity index (χ4v) is 2.85. The molecule has 108 valence electrons. The topological polar surface area (TPSA) is 55.1 Å². The lowest BCUT2D eigenvalue weighted by Gasteiger charge is -2.14. The van der Waals surface area contributed by atoms with Gasteiger partial charge in [-0.15, -0.1) is 11.3 Å². The molecule has 2 aromatic rings. The van der Waals surface area contributed by atoms with Crippen LogP contribution in [0.15, 0.2) is 22.0 Å². The van der Waals surface area contributed by atoms with E-state index in [4.69, 9.17) is 4.52 Å². The lowest BCUT2D eigenvalue weighted by Crippen LogP contribution is -2.12. The highest BCUT2D eigenvalue weighted by Gasteiger charge is 2.17. The third-order valence-electron chi connectivity index (χ3n) is 2.84. The molecule has 1 amide bonds. The molecule has 0 bridgehead atoms. The highest BCUT2D eigenvalue weighted by Crippen LogP contribution is 2.23. The second kappa shape index (κ2) is 5.79. The summed E-state index contributed by atoms with van der Waals surface area (Å²) < 4.78 is 5.25. The molecule has 0 unspecified atom stereocenters. The number of carbonyl (C=O) groups excluding carboxylic acids is 1. The number of aromatic nitrogens is 1. The van der Waals surface area contributed by atoms with E-state index in [9.17, 15) is 4.79 Å². The Kier molecular flexibility index (Phi) is 4.28. The lowest BCUT2D eigenvalue weighted by molar-refractivity contribution is 0.102. The summed E-state index contributed by atoms with van der Waals surface area (Å²) in [5.74, 6) is 1.15. The number of anilines is 1. The Morgan fingerprint density at radius 3 is 2.85 bits per heavy atom. The number of amides is 1. The van der Waals surface area contributed by atoms with Crippen molar-refractivity contribution in [1.29, 1.82) is 0 Å². The lowest BCUT2D eigenvalue weighted by atomic mass is 9.91. The number of carbonyl (C=O) groups is 1. The Bertz CT molecular complexity index is 593. The highest BCUT2D eigenvalue weighted by molar-refractivity contribution is 7.12. The molecule has 0 atom stereocenters. The van der Waals surface area contributed by atoms with Crippen LogP contribution in [0.1, 0.15) is 48.7 Å². The molecule has 2 aromatic heterocycles. The van der Waals surface area contributed by atoms with Gasteiger partial charge in [-0.05, 0) is 28.8 Å². The Labute approximate surface area is 123 Å². The first kappa shape index (κ1) is 14.8. The Hall–Kier alpha value is -1.62. The normalized spacial score (nSPS) is 11.6. The summed E-state index contributed by atoms with van der Waals surface area (Å²) >= 11 is 1.45. The van der Waals surface area contributed by atoms with E-state index in [0.717, 1.165) is 29.0 Å². The van der Waals surface area contributed by atoms with Crippen LogP contribution in [0.25, 0.3) is 0 Å². The number of thiophene rings is 1. The second-order valence-electron chi connectivity index (χ2n) is 6.00. The van der Waals surface area contributed by atoms with Crippen molar-refractivity contribution in [2.75, 3.05) is 5.32 Å². The van der Waals surface area contributed by atoms with Crippen molar-refractivity contribution < 1.29 is 9.32 Å². The molecule has 1 N–H and O–H groups in total. The van der Waals surface area contributed by atoms with Gasteiger partial charge in [-0.3, -0.25) is 4.79 Å². The molecule has 0 spiro atoms. The van der Waals surface area contributed by atoms with Crippen LogP contribution in [-0.4, -0.2) is 11.1 Å². The minimum atomic E-state index is -0.118. The van der Waals surface area contributed by atoms with Gasteiger partial charge in [0.05, 0.1) is 4.88 Å². The SMILES string of the molecule is CCc1ccsc1C(=O)Nc1cc(CC(C)(C)C)on1. The summed E-state index contributed by atoms with van der Waals surface area (Å²) in [4.78, 5) is 12.9. The number of rotatable bonds is 4. The van der Waals surface area contributed by atoms with Crippen molar-refractivity contribution in [3.63, 3.8) is 0 Å². The van der Waals surface area contributed by atoms with Gasteiger partial charge in [0, 0.05) is 12.5 Å². The van der Waals surface area contributed by atoms with Crippen LogP contribution in [0.2, 0.25) is 0 Å². The molecular formula is C15H20N2O2S. The zero-order chi connectivity index (χ0) is 14.8. The van der Waals surface area contributed by atoms with E-state index in [-0.39, 0.29) is 11.3 Å². The summed E-state index contributed by atoms with van der Waals surface area (Å²) in [5.41, 5.74) is 1.19. The molecule has 0 radical (unpaired) electrons. The number of nitrogens with one attached hydrogen (secondary N) is 1. The highest BCUT2D eigenvalue weighted by atomic mass is 32.1. The van der Waals surface area contributed by atoms with E-state index in [1.165, 1.54) is 11.3 Å². The molecule has 0 aliphatic heterocycles. The fraction of sp³-hybridized carbons (Fsp3) is 0.467. The van der Waals surface area contributed by atoms with Gasteiger partial charge in [0.2, 0.25) is 0 Å². The van der Waals surface area contributed by atoms with E-state index in [2.05, 4.69) is 31.2 Å². The minimum absolute atomic E-state index is 0.118. The molecule has 2 heterocycles. The third kappa shape index (κ3) is 3.70. The van der Waals surface area contributed by atoms with Gasteiger partial charge in [-0.25, -0.2) is 0 Å². The van der Waals surface area contributed by atoms with E-state index in [1.54, 1.807) is 6.07 Å². The van der Waals surface area contributed by atoms with Crippen LogP contribution in [0.3, 0.4) is 0 Å². The van der Waals surface area contributed by atoms with Gasteiger partial charge in [-0.2, -0.15) is 0 Å². The second-order valence-corrected chi connectivity index (χ2v) is 6.91. The molecule has 0 aromatic carbocycles. The summed E-state index contributed by atoms with van der Waals surface area (Å²) in [5, 5.41) is 8.63. The third-order valence-corrected chi connectivity index (χ3v) is 3.79. The minimum Gasteiger partial charge on any atom is -0.359 e. The van der Waals surface area contributed by atoms with Gasteiger partial charge in [0.25, 0.3) is 5.91 Å². The number of aryl methyl sites for hydroxylation is 1. The standard InChI is InChI=1S/C15H20N2O2S/c1-5-10-6-7-20-13(10)14(18)16-12-8-11(19-17-12)9-15(2,3)4/h6-8H,5,9H2,1-4H3,(H,16,17,18). The molecule has 20 heavy (non-hydrogen) atoms. The van der Waals surface area contributed by atoms with Crippen LogP contribution in [0.4, 0.5) is 5.82 Å². The zero-order valence-corrected chi connectivity index (χ0v) is 13.1. The van der Waals surface area contributed by atoms with Crippen molar-refractivity contribution in [2.45, 2.75) is 40.5 Å².